The van der Waals surface area contributed by atoms with Crippen LogP contribution in [0.3, 0.4) is 0 Å². The quantitative estimate of drug-likeness (QED) is 0.530. The number of primary amides is 2. The number of aliphatic hydroxyl groups excluding tert-OH is 2. The number of carbonyl (C=O) groups excluding carboxylic acids is 2. The Bertz CT molecular complexity index is 370. The number of hydrogen-bond donors (Lipinski definition) is 4. The third kappa shape index (κ3) is 6.77. The molecule has 0 radical (unpaired) electrons. The van der Waals surface area contributed by atoms with Gasteiger partial charge in [0.2, 0.25) is 11.8 Å². The normalized spacial score (nSPS) is 22.8. The molecule has 0 aromatic carbocycles. The van der Waals surface area contributed by atoms with Gasteiger partial charge in [0.25, 0.3) is 0 Å². The molecule has 2 amide bonds. The third-order valence-corrected chi connectivity index (χ3v) is 5.52. The number of rotatable bonds is 8. The molecule has 6 heteroatoms. The van der Waals surface area contributed by atoms with Crippen LogP contribution < -0.4 is 11.5 Å². The van der Waals surface area contributed by atoms with E-state index in [2.05, 4.69) is 0 Å². The molecule has 2 rings (SSSR count). The molecule has 140 valence electrons. The molecule has 2 fully saturated rings. The van der Waals surface area contributed by atoms with Gasteiger partial charge < -0.3 is 21.7 Å². The van der Waals surface area contributed by atoms with Crippen LogP contribution in [0.15, 0.2) is 0 Å². The van der Waals surface area contributed by atoms with Crippen molar-refractivity contribution < 1.29 is 19.8 Å². The topological polar surface area (TPSA) is 127 Å². The van der Waals surface area contributed by atoms with Gasteiger partial charge in [0.05, 0.1) is 0 Å². The molecule has 0 spiro atoms. The predicted molar refractivity (Wildman–Crippen MR) is 92.6 cm³/mol. The Morgan fingerprint density at radius 2 is 1.12 bits per heavy atom. The first kappa shape index (κ1) is 20.9. The predicted octanol–water partition coefficient (Wildman–Crippen LogP) is 1.32. The van der Waals surface area contributed by atoms with Gasteiger partial charge in [-0.2, -0.15) is 0 Å². The van der Waals surface area contributed by atoms with E-state index in [1.165, 1.54) is 38.5 Å². The zero-order chi connectivity index (χ0) is 18.3. The van der Waals surface area contributed by atoms with Crippen molar-refractivity contribution in [1.82, 2.24) is 0 Å². The number of aliphatic hydroxyl groups is 2. The molecular weight excluding hydrogens is 308 g/mol. The maximum Gasteiger partial charge on any atom is 0.246 e. The van der Waals surface area contributed by atoms with Crippen molar-refractivity contribution in [3.8, 4) is 0 Å². The van der Waals surface area contributed by atoms with Crippen LogP contribution in [0.2, 0.25) is 0 Å². The Kier molecular flexibility index (Phi) is 8.70. The van der Waals surface area contributed by atoms with Crippen LogP contribution >= 0.6 is 0 Å². The van der Waals surface area contributed by atoms with Crippen LogP contribution in [0.25, 0.3) is 0 Å². The smallest absolute Gasteiger partial charge is 0.246 e. The monoisotopic (exact) mass is 342 g/mol. The second-order valence-electron chi connectivity index (χ2n) is 7.71. The lowest BCUT2D eigenvalue weighted by molar-refractivity contribution is -0.129. The van der Waals surface area contributed by atoms with Crippen LogP contribution in [-0.4, -0.2) is 34.2 Å². The summed E-state index contributed by atoms with van der Waals surface area (Å²) in [6.45, 7) is 3.77. The zero-order valence-corrected chi connectivity index (χ0v) is 15.0. The summed E-state index contributed by atoms with van der Waals surface area (Å²) < 4.78 is 0. The Morgan fingerprint density at radius 3 is 1.29 bits per heavy atom. The molecule has 0 bridgehead atoms. The van der Waals surface area contributed by atoms with Crippen molar-refractivity contribution in [2.45, 2.75) is 77.4 Å². The number of hydrogen-bond acceptors (Lipinski definition) is 4. The van der Waals surface area contributed by atoms with Crippen molar-refractivity contribution in [1.29, 1.82) is 0 Å². The molecule has 2 aliphatic rings. The minimum Gasteiger partial charge on any atom is -0.383 e. The van der Waals surface area contributed by atoms with Crippen molar-refractivity contribution in [3.63, 3.8) is 0 Å². The van der Waals surface area contributed by atoms with Crippen LogP contribution in [-0.2, 0) is 9.59 Å². The first-order valence-corrected chi connectivity index (χ1v) is 9.17. The molecule has 2 saturated carbocycles. The average Bonchev–Trinajstić information content (AvgIpc) is 2.44. The fraction of sp³-hybridized carbons (Fsp3) is 0.889. The minimum atomic E-state index is -0.953. The Morgan fingerprint density at radius 1 is 0.833 bits per heavy atom. The van der Waals surface area contributed by atoms with E-state index in [-0.39, 0.29) is 11.8 Å². The van der Waals surface area contributed by atoms with Crippen LogP contribution in [0.4, 0.5) is 0 Å². The molecule has 6 N–H and O–H groups in total. The van der Waals surface area contributed by atoms with E-state index in [4.69, 9.17) is 11.5 Å². The molecule has 2 aliphatic carbocycles. The molecule has 4 atom stereocenters. The summed E-state index contributed by atoms with van der Waals surface area (Å²) in [5, 5.41) is 18.6. The van der Waals surface area contributed by atoms with E-state index in [1.54, 1.807) is 0 Å². The van der Waals surface area contributed by atoms with Crippen molar-refractivity contribution in [2.24, 2.45) is 35.1 Å². The summed E-state index contributed by atoms with van der Waals surface area (Å²) in [7, 11) is 0. The Balaban J connectivity index is 0.000000240. The fourth-order valence-corrected chi connectivity index (χ4v) is 3.33. The largest absolute Gasteiger partial charge is 0.383 e. The summed E-state index contributed by atoms with van der Waals surface area (Å²) in [4.78, 5) is 21.2. The SMILES string of the molecule is CC(CC1CCC1)C(O)C(N)=O.CC(CC1CCC1)C(O)C(N)=O. The van der Waals surface area contributed by atoms with Gasteiger partial charge >= 0.3 is 0 Å². The number of amides is 2. The maximum atomic E-state index is 10.6. The Hall–Kier alpha value is -1.14. The molecule has 0 heterocycles. The molecule has 0 saturated heterocycles. The van der Waals surface area contributed by atoms with Gasteiger partial charge in [-0.25, -0.2) is 0 Å². The van der Waals surface area contributed by atoms with Gasteiger partial charge in [0, 0.05) is 0 Å². The number of nitrogens with two attached hydrogens (primary N) is 2. The highest BCUT2D eigenvalue weighted by atomic mass is 16.3. The van der Waals surface area contributed by atoms with Crippen molar-refractivity contribution >= 4 is 11.8 Å². The van der Waals surface area contributed by atoms with Crippen LogP contribution in [0.1, 0.15) is 65.2 Å². The van der Waals surface area contributed by atoms with E-state index in [9.17, 15) is 19.8 Å². The van der Waals surface area contributed by atoms with Gasteiger partial charge in [-0.1, -0.05) is 52.4 Å². The van der Waals surface area contributed by atoms with Crippen LogP contribution in [0, 0.1) is 23.7 Å². The second kappa shape index (κ2) is 9.99. The van der Waals surface area contributed by atoms with E-state index < -0.39 is 24.0 Å². The second-order valence-corrected chi connectivity index (χ2v) is 7.71. The van der Waals surface area contributed by atoms with E-state index in [1.807, 2.05) is 13.8 Å². The van der Waals surface area contributed by atoms with Gasteiger partial charge in [-0.05, 0) is 36.5 Å². The summed E-state index contributed by atoms with van der Waals surface area (Å²) >= 11 is 0. The van der Waals surface area contributed by atoms with E-state index in [0.29, 0.717) is 11.8 Å². The van der Waals surface area contributed by atoms with E-state index in [0.717, 1.165) is 12.8 Å². The maximum absolute atomic E-state index is 10.6. The first-order chi connectivity index (χ1) is 11.2. The molecule has 6 nitrogen and oxygen atoms in total. The first-order valence-electron chi connectivity index (χ1n) is 9.17. The van der Waals surface area contributed by atoms with Crippen molar-refractivity contribution in [3.05, 3.63) is 0 Å². The lowest BCUT2D eigenvalue weighted by Gasteiger charge is -2.29. The summed E-state index contributed by atoms with van der Waals surface area (Å²) in [6, 6.07) is 0. The summed E-state index contributed by atoms with van der Waals surface area (Å²) in [5.74, 6) is 0.284. The third-order valence-electron chi connectivity index (χ3n) is 5.52. The lowest BCUT2D eigenvalue weighted by Crippen LogP contribution is -2.35. The van der Waals surface area contributed by atoms with Crippen LogP contribution in [0.5, 0.6) is 0 Å². The molecule has 0 aromatic heterocycles. The lowest BCUT2D eigenvalue weighted by atomic mass is 9.78. The summed E-state index contributed by atoms with van der Waals surface area (Å²) in [6.07, 6.45) is 7.54. The van der Waals surface area contributed by atoms with Gasteiger partial charge in [0.15, 0.2) is 0 Å². The molecule has 4 unspecified atom stereocenters. The zero-order valence-electron chi connectivity index (χ0n) is 15.0. The minimum absolute atomic E-state index is 0.0211. The molecule has 0 aliphatic heterocycles. The summed E-state index contributed by atoms with van der Waals surface area (Å²) in [5.41, 5.74) is 9.97. The molecule has 0 aromatic rings. The number of carbonyl (C=O) groups is 2. The highest BCUT2D eigenvalue weighted by Crippen LogP contribution is 2.33. The average molecular weight is 342 g/mol. The Labute approximate surface area is 145 Å². The standard InChI is InChI=1S/2C9H17NO2/c2*1-6(8(11)9(10)12)5-7-3-2-4-7/h2*6-8,11H,2-5H2,1H3,(H2,10,12). The van der Waals surface area contributed by atoms with Crippen molar-refractivity contribution in [2.75, 3.05) is 0 Å². The van der Waals surface area contributed by atoms with Gasteiger partial charge in [-0.15, -0.1) is 0 Å². The molecular formula is C18H34N2O4. The van der Waals surface area contributed by atoms with Gasteiger partial charge in [0.1, 0.15) is 12.2 Å². The molecule has 24 heavy (non-hydrogen) atoms. The van der Waals surface area contributed by atoms with E-state index >= 15 is 0 Å². The highest BCUT2D eigenvalue weighted by Gasteiger charge is 2.27. The highest BCUT2D eigenvalue weighted by molar-refractivity contribution is 5.79. The fourth-order valence-electron chi connectivity index (χ4n) is 3.33. The van der Waals surface area contributed by atoms with Gasteiger partial charge in [-0.3, -0.25) is 9.59 Å².